The maximum absolute atomic E-state index is 13.1. The summed E-state index contributed by atoms with van der Waals surface area (Å²) >= 11 is 5.81. The van der Waals surface area contributed by atoms with E-state index >= 15 is 0 Å². The topological polar surface area (TPSA) is 347 Å². The summed E-state index contributed by atoms with van der Waals surface area (Å²) in [6, 6.07) is 45.6. The molecule has 3 atom stereocenters. The molecule has 3 unspecified atom stereocenters. The highest BCUT2D eigenvalue weighted by Crippen LogP contribution is 2.37. The molecule has 1 N–H and O–H groups in total. The number of benzene rings is 6. The highest BCUT2D eigenvalue weighted by atomic mass is 32.1. The maximum atomic E-state index is 13.1. The number of nitrogens with zero attached hydrogens (tertiary/aromatic N) is 20. The number of carbonyl (C=O) groups is 2. The Labute approximate surface area is 814 Å². The summed E-state index contributed by atoms with van der Waals surface area (Å²) in [6.45, 7) is 17.2. The number of likely N-dealkylation sites (N-methyl/N-ethyl adjacent to an activating group) is 3. The number of likely N-dealkylation sites (tertiary alicyclic amines) is 4. The van der Waals surface area contributed by atoms with Crippen LogP contribution in [0.1, 0.15) is 88.7 Å². The number of methoxy groups -OCH3 is 4. The van der Waals surface area contributed by atoms with Gasteiger partial charge < -0.3 is 43.7 Å². The molecule has 138 heavy (non-hydrogen) atoms. The van der Waals surface area contributed by atoms with Gasteiger partial charge in [0.05, 0.1) is 67.0 Å². The number of carbonyl (C=O) groups excluding carboxylic acids is 2. The molecule has 5 fully saturated rings. The van der Waals surface area contributed by atoms with Gasteiger partial charge in [0.1, 0.15) is 121 Å². The third kappa shape index (κ3) is 21.6. The minimum Gasteiger partial charge on any atom is -0.497 e. The molecule has 0 radical (unpaired) electrons. The van der Waals surface area contributed by atoms with Crippen LogP contribution in [0, 0.1) is 12.7 Å². The Morgan fingerprint density at radius 3 is 1.12 bits per heavy atom. The summed E-state index contributed by atoms with van der Waals surface area (Å²) in [4.78, 5) is 123. The molecule has 716 valence electrons. The lowest BCUT2D eigenvalue weighted by Crippen LogP contribution is -2.47. The van der Waals surface area contributed by atoms with Gasteiger partial charge in [0.15, 0.2) is 0 Å². The molecule has 33 nitrogen and oxygen atoms in total. The van der Waals surface area contributed by atoms with Crippen molar-refractivity contribution in [2.24, 2.45) is 0 Å². The Morgan fingerprint density at radius 2 is 0.746 bits per heavy atom. The Morgan fingerprint density at radius 1 is 0.399 bits per heavy atom. The lowest BCUT2D eigenvalue weighted by molar-refractivity contribution is 0.0527. The van der Waals surface area contributed by atoms with Crippen LogP contribution in [0.4, 0.5) is 14.0 Å². The standard InChI is InChI=1S/C25H24N4O3S.2C19H22N4O2S.C18H19FN4OS.C18H19N5O4S/c1-16-3-5-17(6-4-16)18-11-13-28(14-12-18)25(31)29-15-26-22-21(27-33-23(22)24(29)30)19-7-9-20(32-2)10-8-19;1-22-10-4-3-5-14(22)11-23-12-20-17-16(21-26-18(17)19(23)24)13-6-8-15(25-2)9-7-13;1-3-22-10-4-5-14(22)11-23-12-20-17-16(21-26-18(17)19(23)24)13-6-8-15(25-2)9-7-13;1-2-22-9-3-4-14(22)10-23-11-20-16-15(21-25-17(16)18(23)24)12-5-7-13(19)8-6-12;1-26-13-4-2-12(3-5-13)14-15-16(28-21-14)17(24)23(10-19-15)11-20-18(25)22-6-8-27-9-7-22/h3-10,15,18H,11-14H2,1-2H3;2*6-9,12,14H,3-5,10-11H2,1-2H3;5-8,11,14H,2-4,9-10H2,1H3;2-5,10H,6-9,11H2,1H3,(H,20,25). The number of fused-ring (bicyclic) bond motifs is 5. The molecule has 6 aromatic carbocycles. The molecular weight excluding hydrogens is 1850 g/mol. The normalized spacial score (nSPS) is 16.5. The van der Waals surface area contributed by atoms with Gasteiger partial charge in [-0.15, -0.1) is 0 Å². The second-order valence-electron chi connectivity index (χ2n) is 34.2. The third-order valence-electron chi connectivity index (χ3n) is 25.9. The number of hydrogen-bond donors (Lipinski definition) is 1. The Hall–Kier alpha value is -13.1. The zero-order chi connectivity index (χ0) is 96.0. The molecule has 5 aliphatic rings. The van der Waals surface area contributed by atoms with Crippen molar-refractivity contribution < 1.29 is 37.7 Å². The summed E-state index contributed by atoms with van der Waals surface area (Å²) < 4.78 is 71.7. The van der Waals surface area contributed by atoms with Crippen LogP contribution in [0.25, 0.3) is 107 Å². The van der Waals surface area contributed by atoms with Gasteiger partial charge in [0.25, 0.3) is 27.8 Å². The number of rotatable bonds is 20. The van der Waals surface area contributed by atoms with Crippen molar-refractivity contribution in [1.82, 2.24) is 99.4 Å². The molecule has 0 aliphatic carbocycles. The van der Waals surface area contributed by atoms with E-state index in [2.05, 4.69) is 119 Å². The van der Waals surface area contributed by atoms with Crippen molar-refractivity contribution in [2.45, 2.75) is 129 Å². The molecule has 15 heterocycles. The molecule has 5 saturated heterocycles. The van der Waals surface area contributed by atoms with Crippen LogP contribution >= 0.6 is 57.7 Å². The first-order chi connectivity index (χ1) is 67.3. The van der Waals surface area contributed by atoms with E-state index in [1.165, 1.54) is 101 Å². The van der Waals surface area contributed by atoms with E-state index in [0.29, 0.717) is 151 Å². The fourth-order valence-corrected chi connectivity index (χ4v) is 22.0. The van der Waals surface area contributed by atoms with E-state index in [9.17, 15) is 38.0 Å². The van der Waals surface area contributed by atoms with Gasteiger partial charge >= 0.3 is 12.1 Å². The van der Waals surface area contributed by atoms with E-state index in [0.717, 1.165) is 155 Å². The first kappa shape index (κ1) is 96.6. The first-order valence-corrected chi connectivity index (χ1v) is 49.9. The minimum absolute atomic E-state index is 0.00577. The lowest BCUT2D eigenvalue weighted by Gasteiger charge is -2.32. The van der Waals surface area contributed by atoms with Gasteiger partial charge in [-0.05, 0) is 289 Å². The van der Waals surface area contributed by atoms with E-state index in [-0.39, 0.29) is 52.3 Å². The fourth-order valence-electron chi connectivity index (χ4n) is 18.0. The van der Waals surface area contributed by atoms with Gasteiger partial charge in [0, 0.05) is 91.8 Å². The summed E-state index contributed by atoms with van der Waals surface area (Å²) in [7, 11) is 8.63. The summed E-state index contributed by atoms with van der Waals surface area (Å²) in [5.74, 6) is 3.21. The fraction of sp³-hybridized carbons (Fsp3) is 0.364. The largest absolute Gasteiger partial charge is 0.497 e. The van der Waals surface area contributed by atoms with Crippen LogP contribution in [0.15, 0.2) is 201 Å². The third-order valence-corrected chi connectivity index (χ3v) is 30.0. The van der Waals surface area contributed by atoms with Gasteiger partial charge in [-0.3, -0.25) is 52.0 Å². The Balaban J connectivity index is 0.000000120. The number of halogens is 1. The second-order valence-corrected chi connectivity index (χ2v) is 38.1. The number of urea groups is 1. The Kier molecular flexibility index (Phi) is 31.2. The average molecular weight is 1960 g/mol. The molecule has 10 aromatic heterocycles. The van der Waals surface area contributed by atoms with Crippen LogP contribution in [-0.4, -0.2) is 232 Å². The number of hydrogen-bond acceptors (Lipinski definition) is 30. The van der Waals surface area contributed by atoms with Crippen LogP contribution in [0.3, 0.4) is 0 Å². The van der Waals surface area contributed by atoms with Crippen LogP contribution in [0.5, 0.6) is 23.0 Å². The zero-order valence-corrected chi connectivity index (χ0v) is 81.9. The van der Waals surface area contributed by atoms with E-state index in [4.69, 9.17) is 23.7 Å². The molecule has 0 spiro atoms. The van der Waals surface area contributed by atoms with Crippen molar-refractivity contribution in [3.05, 3.63) is 246 Å². The molecule has 3 amide bonds. The maximum Gasteiger partial charge on any atom is 0.332 e. The van der Waals surface area contributed by atoms with Crippen LogP contribution in [-0.2, 0) is 31.0 Å². The number of amides is 3. The number of ether oxygens (including phenoxy) is 5. The Bertz CT molecular complexity index is 7120. The quantitative estimate of drug-likeness (QED) is 0.0740. The predicted octanol–water partition coefficient (Wildman–Crippen LogP) is 15.4. The van der Waals surface area contributed by atoms with Crippen LogP contribution < -0.4 is 52.1 Å². The van der Waals surface area contributed by atoms with Crippen molar-refractivity contribution in [2.75, 3.05) is 108 Å². The molecule has 0 saturated carbocycles. The molecule has 39 heteroatoms. The molecule has 21 rings (SSSR count). The number of nitrogens with one attached hydrogen (secondary N) is 1. The van der Waals surface area contributed by atoms with Gasteiger partial charge in [-0.2, -0.15) is 21.9 Å². The summed E-state index contributed by atoms with van der Waals surface area (Å²) in [5.41, 5.74) is 12.7. The average Bonchev–Trinajstić information content (AvgIpc) is 1.65. The smallest absolute Gasteiger partial charge is 0.332 e. The minimum atomic E-state index is -0.372. The highest BCUT2D eigenvalue weighted by Gasteiger charge is 2.31. The number of morpholine rings is 1. The first-order valence-electron chi connectivity index (χ1n) is 46.0. The molecule has 16 aromatic rings. The summed E-state index contributed by atoms with van der Waals surface area (Å²) in [6.07, 6.45) is 17.7. The van der Waals surface area contributed by atoms with Crippen molar-refractivity contribution >= 4 is 121 Å². The second kappa shape index (κ2) is 44.6. The van der Waals surface area contributed by atoms with Gasteiger partial charge in [-0.25, -0.2) is 43.5 Å². The molecule has 5 aliphatic heterocycles. The van der Waals surface area contributed by atoms with Crippen molar-refractivity contribution in [3.63, 3.8) is 0 Å². The van der Waals surface area contributed by atoms with Crippen LogP contribution in [0.2, 0.25) is 0 Å². The van der Waals surface area contributed by atoms with Gasteiger partial charge in [0.2, 0.25) is 0 Å². The highest BCUT2D eigenvalue weighted by molar-refractivity contribution is 7.15. The van der Waals surface area contributed by atoms with E-state index in [1.807, 2.05) is 97.1 Å². The lowest BCUT2D eigenvalue weighted by atomic mass is 9.89. The van der Waals surface area contributed by atoms with E-state index < -0.39 is 0 Å². The summed E-state index contributed by atoms with van der Waals surface area (Å²) in [5, 5.41) is 2.75. The van der Waals surface area contributed by atoms with Crippen molar-refractivity contribution in [1.29, 1.82) is 0 Å². The monoisotopic (exact) mass is 1960 g/mol. The predicted molar refractivity (Wildman–Crippen MR) is 539 cm³/mol. The van der Waals surface area contributed by atoms with Crippen molar-refractivity contribution in [3.8, 4) is 79.3 Å². The molecular formula is C99H106FN21O12S5. The van der Waals surface area contributed by atoms with Gasteiger partial charge in [-0.1, -0.05) is 50.1 Å². The number of piperidine rings is 2. The van der Waals surface area contributed by atoms with E-state index in [1.54, 1.807) is 83.1 Å². The number of aromatic nitrogens is 15. The number of aryl methyl sites for hydroxylation is 1. The SMILES string of the molecule is CCN1CCCC1Cn1cnc2c(-c3ccc(F)cc3)nsc2c1=O.CCN1CCCC1Cn1cnc2c(-c3ccc(OC)cc3)nsc2c1=O.COc1ccc(-c2nsc3c(=O)n(C(=O)N4CCC(c5ccc(C)cc5)CC4)cnc23)cc1.COc1ccc(-c2nsc3c(=O)n(CC4CCCCN4C)cnc23)cc1.COc1ccc(-c2nsc3c(=O)n(CNC(=O)N4CCOCC4)cnc23)cc1. The zero-order valence-electron chi connectivity index (χ0n) is 77.8. The molecule has 0 bridgehead atoms.